The molecule has 0 radical (unpaired) electrons. The monoisotopic (exact) mass is 537 g/mol. The number of aliphatic carboxylic acids is 2. The summed E-state index contributed by atoms with van der Waals surface area (Å²) in [6.07, 6.45) is -1.33. The fourth-order valence-electron chi connectivity index (χ4n) is 3.45. The minimum absolute atomic E-state index is 0.0183. The van der Waals surface area contributed by atoms with E-state index in [0.717, 1.165) is 0 Å². The van der Waals surface area contributed by atoms with Crippen molar-refractivity contribution in [2.24, 2.45) is 17.4 Å². The number of carboxylic acids is 2. The Balaban J connectivity index is 3.18. The molecular formula is C24H35N5O9. The Bertz CT molecular complexity index is 1010. The van der Waals surface area contributed by atoms with Gasteiger partial charge in [-0.25, -0.2) is 4.79 Å². The van der Waals surface area contributed by atoms with Crippen molar-refractivity contribution in [3.8, 4) is 5.75 Å². The molecule has 1 rings (SSSR count). The molecule has 0 spiro atoms. The van der Waals surface area contributed by atoms with Crippen LogP contribution in [0.15, 0.2) is 24.3 Å². The predicted octanol–water partition coefficient (Wildman–Crippen LogP) is -1.41. The van der Waals surface area contributed by atoms with Crippen molar-refractivity contribution in [1.29, 1.82) is 0 Å². The molecule has 38 heavy (non-hydrogen) atoms. The summed E-state index contributed by atoms with van der Waals surface area (Å²) in [7, 11) is 0. The zero-order chi connectivity index (χ0) is 29.0. The van der Waals surface area contributed by atoms with E-state index >= 15 is 0 Å². The Morgan fingerprint density at radius 3 is 1.87 bits per heavy atom. The van der Waals surface area contributed by atoms with Gasteiger partial charge in [0.2, 0.25) is 23.6 Å². The molecule has 1 aromatic rings. The molecule has 210 valence electrons. The SMILES string of the molecule is CC(C)CC(N)C(=O)NC(Cc1ccc(O)cc1)C(=O)NC(CCC(N)=O)C(=O)NC(CC(=O)O)C(=O)O. The van der Waals surface area contributed by atoms with E-state index in [1.165, 1.54) is 24.3 Å². The number of hydrogen-bond acceptors (Lipinski definition) is 8. The van der Waals surface area contributed by atoms with Crippen LogP contribution in [0.25, 0.3) is 0 Å². The highest BCUT2D eigenvalue weighted by atomic mass is 16.4. The molecule has 0 aromatic heterocycles. The highest BCUT2D eigenvalue weighted by Crippen LogP contribution is 2.12. The molecular weight excluding hydrogens is 502 g/mol. The van der Waals surface area contributed by atoms with Gasteiger partial charge in [-0.3, -0.25) is 24.0 Å². The largest absolute Gasteiger partial charge is 0.508 e. The van der Waals surface area contributed by atoms with Crippen LogP contribution in [-0.4, -0.2) is 75.1 Å². The molecule has 0 aliphatic heterocycles. The maximum absolute atomic E-state index is 13.2. The third kappa shape index (κ3) is 11.7. The summed E-state index contributed by atoms with van der Waals surface area (Å²) in [5.74, 6) is -6.35. The van der Waals surface area contributed by atoms with E-state index in [1.54, 1.807) is 0 Å². The number of primary amides is 1. The molecule has 1 aromatic carbocycles. The lowest BCUT2D eigenvalue weighted by Gasteiger charge is -2.25. The normalized spacial score (nSPS) is 14.0. The summed E-state index contributed by atoms with van der Waals surface area (Å²) in [6, 6.07) is 0.369. The van der Waals surface area contributed by atoms with Gasteiger partial charge in [0.1, 0.15) is 23.9 Å². The summed E-state index contributed by atoms with van der Waals surface area (Å²) in [4.78, 5) is 72.3. The zero-order valence-electron chi connectivity index (χ0n) is 21.2. The molecule has 0 aliphatic carbocycles. The first kappa shape index (κ1) is 31.8. The predicted molar refractivity (Wildman–Crippen MR) is 133 cm³/mol. The molecule has 0 saturated heterocycles. The van der Waals surface area contributed by atoms with Crippen molar-refractivity contribution < 1.29 is 44.1 Å². The molecule has 4 unspecified atom stereocenters. The van der Waals surface area contributed by atoms with Crippen LogP contribution in [0.5, 0.6) is 5.75 Å². The quantitative estimate of drug-likeness (QED) is 0.122. The first-order valence-corrected chi connectivity index (χ1v) is 11.9. The Morgan fingerprint density at radius 2 is 1.37 bits per heavy atom. The second kappa shape index (κ2) is 15.1. The molecule has 0 heterocycles. The van der Waals surface area contributed by atoms with Gasteiger partial charge in [0.15, 0.2) is 0 Å². The summed E-state index contributed by atoms with van der Waals surface area (Å²) >= 11 is 0. The minimum Gasteiger partial charge on any atom is -0.508 e. The van der Waals surface area contributed by atoms with E-state index in [1.807, 2.05) is 19.2 Å². The van der Waals surface area contributed by atoms with Crippen LogP contribution in [0.4, 0.5) is 0 Å². The second-order valence-electron chi connectivity index (χ2n) is 9.23. The highest BCUT2D eigenvalue weighted by molar-refractivity contribution is 5.95. The summed E-state index contributed by atoms with van der Waals surface area (Å²) in [6.45, 7) is 3.73. The van der Waals surface area contributed by atoms with Crippen molar-refractivity contribution in [3.63, 3.8) is 0 Å². The van der Waals surface area contributed by atoms with Crippen molar-refractivity contribution in [1.82, 2.24) is 16.0 Å². The summed E-state index contributed by atoms with van der Waals surface area (Å²) in [5, 5.41) is 34.6. The van der Waals surface area contributed by atoms with Crippen LogP contribution in [0.3, 0.4) is 0 Å². The van der Waals surface area contributed by atoms with E-state index in [9.17, 15) is 39.0 Å². The van der Waals surface area contributed by atoms with Crippen LogP contribution in [0, 0.1) is 5.92 Å². The number of nitrogens with two attached hydrogens (primary N) is 2. The molecule has 0 saturated carbocycles. The Morgan fingerprint density at radius 1 is 0.842 bits per heavy atom. The standard InChI is InChI=1S/C24H35N5O9/c1-12(2)9-15(25)21(34)28-17(10-13-3-5-14(30)6-4-13)23(36)27-16(7-8-19(26)31)22(35)29-18(24(37)38)11-20(32)33/h3-6,12,15-18,30H,7-11,25H2,1-2H3,(H2,26,31)(H,27,36)(H,28,34)(H,29,35)(H,32,33)(H,37,38). The average molecular weight is 538 g/mol. The lowest BCUT2D eigenvalue weighted by molar-refractivity contribution is -0.147. The minimum atomic E-state index is -1.80. The number of nitrogens with one attached hydrogen (secondary N) is 3. The van der Waals surface area contributed by atoms with Crippen molar-refractivity contribution in [2.45, 2.75) is 70.1 Å². The lowest BCUT2D eigenvalue weighted by Crippen LogP contribution is -2.58. The van der Waals surface area contributed by atoms with E-state index in [-0.39, 0.29) is 30.9 Å². The van der Waals surface area contributed by atoms with Crippen molar-refractivity contribution >= 4 is 35.6 Å². The van der Waals surface area contributed by atoms with Gasteiger partial charge in [-0.1, -0.05) is 26.0 Å². The van der Waals surface area contributed by atoms with E-state index in [0.29, 0.717) is 12.0 Å². The molecule has 0 bridgehead atoms. The fourth-order valence-corrected chi connectivity index (χ4v) is 3.45. The third-order valence-corrected chi connectivity index (χ3v) is 5.38. The topological polar surface area (TPSA) is 251 Å². The van der Waals surface area contributed by atoms with Crippen LogP contribution in [-0.2, 0) is 35.2 Å². The summed E-state index contributed by atoms with van der Waals surface area (Å²) in [5.41, 5.74) is 11.6. The molecule has 4 atom stereocenters. The number of phenols is 1. The van der Waals surface area contributed by atoms with Gasteiger partial charge in [0.25, 0.3) is 0 Å². The van der Waals surface area contributed by atoms with Crippen molar-refractivity contribution in [3.05, 3.63) is 29.8 Å². The first-order chi connectivity index (χ1) is 17.7. The third-order valence-electron chi connectivity index (χ3n) is 5.38. The van der Waals surface area contributed by atoms with Crippen molar-refractivity contribution in [2.75, 3.05) is 0 Å². The van der Waals surface area contributed by atoms with Gasteiger partial charge in [0.05, 0.1) is 12.5 Å². The lowest BCUT2D eigenvalue weighted by atomic mass is 10.0. The van der Waals surface area contributed by atoms with Crippen LogP contribution in [0.2, 0.25) is 0 Å². The van der Waals surface area contributed by atoms with Gasteiger partial charge < -0.3 is 42.7 Å². The number of rotatable bonds is 16. The van der Waals surface area contributed by atoms with E-state index < -0.39 is 66.2 Å². The maximum Gasteiger partial charge on any atom is 0.326 e. The fraction of sp³-hybridized carbons (Fsp3) is 0.500. The first-order valence-electron chi connectivity index (χ1n) is 11.9. The summed E-state index contributed by atoms with van der Waals surface area (Å²) < 4.78 is 0. The zero-order valence-corrected chi connectivity index (χ0v) is 21.2. The molecule has 14 heteroatoms. The van der Waals surface area contributed by atoms with Gasteiger partial charge in [0, 0.05) is 12.8 Å². The van der Waals surface area contributed by atoms with Gasteiger partial charge in [-0.15, -0.1) is 0 Å². The number of carboxylic acid groups (broad SMARTS) is 2. The van der Waals surface area contributed by atoms with Crippen LogP contribution in [0.1, 0.15) is 45.1 Å². The number of carbonyl (C=O) groups is 6. The van der Waals surface area contributed by atoms with E-state index in [4.69, 9.17) is 16.6 Å². The van der Waals surface area contributed by atoms with Gasteiger partial charge in [-0.05, 0) is 36.5 Å². The number of carbonyl (C=O) groups excluding carboxylic acids is 4. The molecule has 0 aliphatic rings. The number of amides is 4. The number of phenolic OH excluding ortho intramolecular Hbond substituents is 1. The molecule has 14 nitrogen and oxygen atoms in total. The Hall–Kier alpha value is -4.20. The molecule has 4 amide bonds. The molecule has 0 fully saturated rings. The van der Waals surface area contributed by atoms with Gasteiger partial charge in [-0.2, -0.15) is 0 Å². The molecule has 10 N–H and O–H groups in total. The Kier molecular flexibility index (Phi) is 12.7. The average Bonchev–Trinajstić information content (AvgIpc) is 2.80. The maximum atomic E-state index is 13.2. The second-order valence-corrected chi connectivity index (χ2v) is 9.23. The van der Waals surface area contributed by atoms with Crippen LogP contribution < -0.4 is 27.4 Å². The van der Waals surface area contributed by atoms with Gasteiger partial charge >= 0.3 is 11.9 Å². The number of benzene rings is 1. The smallest absolute Gasteiger partial charge is 0.326 e. The number of hydrogen-bond donors (Lipinski definition) is 8. The number of aromatic hydroxyl groups is 1. The van der Waals surface area contributed by atoms with E-state index in [2.05, 4.69) is 10.6 Å². The highest BCUT2D eigenvalue weighted by Gasteiger charge is 2.31. The van der Waals surface area contributed by atoms with Crippen LogP contribution >= 0.6 is 0 Å². The Labute approximate surface area is 219 Å².